The van der Waals surface area contributed by atoms with E-state index >= 15 is 0 Å². The third-order valence-corrected chi connectivity index (χ3v) is 2.93. The van der Waals surface area contributed by atoms with Crippen LogP contribution in [-0.4, -0.2) is 35.2 Å². The Morgan fingerprint density at radius 3 is 2.26 bits per heavy atom. The van der Waals surface area contributed by atoms with Crippen molar-refractivity contribution >= 4 is 29.2 Å². The van der Waals surface area contributed by atoms with E-state index in [1.54, 1.807) is 24.3 Å². The van der Waals surface area contributed by atoms with Gasteiger partial charge < -0.3 is 15.6 Å². The van der Waals surface area contributed by atoms with E-state index in [2.05, 4.69) is 4.74 Å². The molecule has 7 nitrogen and oxygen atoms in total. The summed E-state index contributed by atoms with van der Waals surface area (Å²) in [6.45, 7) is 3.25. The summed E-state index contributed by atoms with van der Waals surface area (Å²) in [5.41, 5.74) is 6.22. The fourth-order valence-corrected chi connectivity index (χ4v) is 1.72. The van der Waals surface area contributed by atoms with Crippen LogP contribution < -0.4 is 5.73 Å². The molecule has 3 N–H and O–H groups in total. The lowest BCUT2D eigenvalue weighted by atomic mass is 9.99. The van der Waals surface area contributed by atoms with Crippen molar-refractivity contribution in [3.63, 3.8) is 0 Å². The largest absolute Gasteiger partial charge is 0.507 e. The molecule has 0 aliphatic rings. The fourth-order valence-electron chi connectivity index (χ4n) is 1.72. The van der Waals surface area contributed by atoms with Crippen LogP contribution in [0.3, 0.4) is 0 Å². The number of ketones is 2. The number of ether oxygens (including phenoxy) is 1. The zero-order chi connectivity index (χ0) is 17.6. The predicted octanol–water partition coefficient (Wildman–Crippen LogP) is 0.697. The van der Waals surface area contributed by atoms with Gasteiger partial charge in [-0.2, -0.15) is 0 Å². The Morgan fingerprint density at radius 1 is 1.22 bits per heavy atom. The van der Waals surface area contributed by atoms with Crippen molar-refractivity contribution in [1.29, 1.82) is 0 Å². The minimum absolute atomic E-state index is 0.0749. The van der Waals surface area contributed by atoms with Crippen molar-refractivity contribution in [1.82, 2.24) is 0 Å². The lowest BCUT2D eigenvalue weighted by Crippen LogP contribution is -2.40. The summed E-state index contributed by atoms with van der Waals surface area (Å²) in [6, 6.07) is 6.51. The van der Waals surface area contributed by atoms with Gasteiger partial charge in [-0.1, -0.05) is 29.8 Å². The van der Waals surface area contributed by atoms with Gasteiger partial charge in [-0.25, -0.2) is 0 Å². The number of esters is 1. The number of benzene rings is 1. The maximum absolute atomic E-state index is 11.9. The van der Waals surface area contributed by atoms with Crippen molar-refractivity contribution < 1.29 is 29.0 Å². The van der Waals surface area contributed by atoms with Crippen LogP contribution in [-0.2, 0) is 23.9 Å². The molecule has 0 fully saturated rings. The molecule has 0 heterocycles. The van der Waals surface area contributed by atoms with Crippen LogP contribution in [0.1, 0.15) is 18.1 Å². The number of carbonyl (C=O) groups is 4. The molecule has 0 radical (unpaired) electrons. The van der Waals surface area contributed by atoms with Gasteiger partial charge in [-0.05, 0) is 13.8 Å². The Hall–Kier alpha value is -2.96. The van der Waals surface area contributed by atoms with Gasteiger partial charge in [-0.3, -0.25) is 19.2 Å². The van der Waals surface area contributed by atoms with E-state index in [9.17, 15) is 24.3 Å². The van der Waals surface area contributed by atoms with E-state index in [0.29, 0.717) is 11.6 Å². The van der Waals surface area contributed by atoms with Crippen molar-refractivity contribution in [2.24, 2.45) is 11.7 Å². The van der Waals surface area contributed by atoms with Crippen LogP contribution in [0.5, 0.6) is 0 Å². The van der Waals surface area contributed by atoms with E-state index in [1.807, 2.05) is 6.92 Å². The van der Waals surface area contributed by atoms with Crippen molar-refractivity contribution in [2.45, 2.75) is 13.8 Å². The molecule has 1 aromatic carbocycles. The summed E-state index contributed by atoms with van der Waals surface area (Å²) in [7, 11) is 0. The number of allylic oxidation sites excluding steroid dienone is 1. The number of nitrogens with two attached hydrogens (primary N) is 1. The smallest absolute Gasteiger partial charge is 0.326 e. The highest BCUT2D eigenvalue weighted by atomic mass is 16.5. The average molecular weight is 319 g/mol. The summed E-state index contributed by atoms with van der Waals surface area (Å²) in [6.07, 6.45) is 0.641. The van der Waals surface area contributed by atoms with Gasteiger partial charge in [0, 0.05) is 11.6 Å². The number of aliphatic hydroxyl groups excluding tert-OH is 1. The zero-order valence-corrected chi connectivity index (χ0v) is 12.7. The molecule has 1 amide bonds. The highest BCUT2D eigenvalue weighted by Crippen LogP contribution is 2.13. The molecule has 0 aromatic heterocycles. The van der Waals surface area contributed by atoms with Crippen molar-refractivity contribution in [3.05, 3.63) is 41.5 Å². The van der Waals surface area contributed by atoms with Gasteiger partial charge in [-0.15, -0.1) is 0 Å². The molecule has 0 unspecified atom stereocenters. The third-order valence-electron chi connectivity index (χ3n) is 2.93. The fraction of sp³-hybridized carbons (Fsp3) is 0.250. The second-order valence-electron chi connectivity index (χ2n) is 4.71. The molecular formula is C16H17NO6. The van der Waals surface area contributed by atoms with E-state index in [1.165, 1.54) is 6.92 Å². The number of amides is 1. The molecule has 23 heavy (non-hydrogen) atoms. The summed E-state index contributed by atoms with van der Waals surface area (Å²) >= 11 is 0. The quantitative estimate of drug-likeness (QED) is 0.251. The molecule has 0 bridgehead atoms. The number of hydrogen-bond donors (Lipinski definition) is 2. The van der Waals surface area contributed by atoms with Crippen LogP contribution in [0.15, 0.2) is 30.3 Å². The molecule has 7 heteroatoms. The van der Waals surface area contributed by atoms with E-state index < -0.39 is 35.1 Å². The van der Waals surface area contributed by atoms with E-state index in [0.717, 1.165) is 5.56 Å². The Labute approximate surface area is 132 Å². The molecular weight excluding hydrogens is 302 g/mol. The highest BCUT2D eigenvalue weighted by Gasteiger charge is 2.37. The monoisotopic (exact) mass is 319 g/mol. The zero-order valence-electron chi connectivity index (χ0n) is 12.7. The Balaban J connectivity index is 2.99. The number of Topliss-reactive ketones (excluding diaryl/α,β-unsaturated/α-hetero) is 1. The summed E-state index contributed by atoms with van der Waals surface area (Å²) < 4.78 is 4.54. The summed E-state index contributed by atoms with van der Waals surface area (Å²) in [5.74, 6) is -7.54. The van der Waals surface area contributed by atoms with Gasteiger partial charge in [0.15, 0.2) is 0 Å². The number of hydrogen-bond acceptors (Lipinski definition) is 6. The van der Waals surface area contributed by atoms with E-state index in [4.69, 9.17) is 5.73 Å². The Bertz CT molecular complexity index is 660. The normalized spacial score (nSPS) is 12.3. The first-order chi connectivity index (χ1) is 10.8. The third kappa shape index (κ3) is 4.77. The number of carbonyl (C=O) groups excluding carboxylic acids is 4. The Morgan fingerprint density at radius 2 is 1.78 bits per heavy atom. The second-order valence-corrected chi connectivity index (χ2v) is 4.71. The van der Waals surface area contributed by atoms with Crippen LogP contribution in [0.4, 0.5) is 0 Å². The highest BCUT2D eigenvalue weighted by molar-refractivity contribution is 6.49. The molecule has 0 aliphatic carbocycles. The van der Waals surface area contributed by atoms with Gasteiger partial charge >= 0.3 is 5.97 Å². The molecule has 0 spiro atoms. The summed E-state index contributed by atoms with van der Waals surface area (Å²) in [4.78, 5) is 46.5. The number of rotatable bonds is 7. The topological polar surface area (TPSA) is 124 Å². The predicted molar refractivity (Wildman–Crippen MR) is 81.1 cm³/mol. The molecule has 122 valence electrons. The van der Waals surface area contributed by atoms with Crippen LogP contribution in [0.25, 0.3) is 5.76 Å². The minimum Gasteiger partial charge on any atom is -0.507 e. The molecule has 1 rings (SSSR count). The molecule has 0 saturated carbocycles. The van der Waals surface area contributed by atoms with Crippen molar-refractivity contribution in [2.75, 3.05) is 6.61 Å². The van der Waals surface area contributed by atoms with Crippen molar-refractivity contribution in [3.8, 4) is 0 Å². The van der Waals surface area contributed by atoms with Crippen LogP contribution >= 0.6 is 0 Å². The summed E-state index contributed by atoms with van der Waals surface area (Å²) in [5, 5.41) is 9.85. The molecule has 0 saturated heterocycles. The van der Waals surface area contributed by atoms with Crippen LogP contribution in [0.2, 0.25) is 0 Å². The number of primary amides is 1. The van der Waals surface area contributed by atoms with Gasteiger partial charge in [0.2, 0.25) is 23.4 Å². The van der Waals surface area contributed by atoms with Gasteiger partial charge in [0.05, 0.1) is 6.61 Å². The van der Waals surface area contributed by atoms with Gasteiger partial charge in [0.1, 0.15) is 5.76 Å². The van der Waals surface area contributed by atoms with Crippen LogP contribution in [0, 0.1) is 12.8 Å². The number of aliphatic hydroxyl groups is 1. The maximum atomic E-state index is 11.9. The first-order valence-electron chi connectivity index (χ1n) is 6.79. The molecule has 1 aromatic rings. The lowest BCUT2D eigenvalue weighted by molar-refractivity contribution is -0.156. The maximum Gasteiger partial charge on any atom is 0.326 e. The minimum atomic E-state index is -2.02. The first kappa shape index (κ1) is 18.1. The second kappa shape index (κ2) is 7.88. The number of aryl methyl sites for hydroxylation is 1. The molecule has 1 atom stereocenters. The SMILES string of the molecule is CCOC(=O)[C@H](C(N)=O)C(=O)C(=O)C=C(O)c1ccc(C)cc1. The van der Waals surface area contributed by atoms with Gasteiger partial charge in [0.25, 0.3) is 0 Å². The lowest BCUT2D eigenvalue weighted by Gasteiger charge is -2.09. The average Bonchev–Trinajstić information content (AvgIpc) is 2.47. The first-order valence-corrected chi connectivity index (χ1v) is 6.79. The molecule has 0 aliphatic heterocycles. The Kier molecular flexibility index (Phi) is 6.20. The standard InChI is InChI=1S/C16H17NO6/c1-3-23-16(22)13(15(17)21)14(20)12(19)8-11(18)10-6-4-9(2)5-7-10/h4-8,13,18H,3H2,1-2H3,(H2,17,21)/t13-/m0/s1. The van der Waals surface area contributed by atoms with E-state index in [-0.39, 0.29) is 6.61 Å².